The Morgan fingerprint density at radius 1 is 1.55 bits per heavy atom. The first-order valence-corrected chi connectivity index (χ1v) is 7.28. The van der Waals surface area contributed by atoms with E-state index in [9.17, 15) is 14.9 Å². The van der Waals surface area contributed by atoms with Gasteiger partial charge in [0.05, 0.1) is 24.0 Å². The number of carbonyl (C=O) groups excluding carboxylic acids is 1. The number of amides is 1. The molecule has 0 aliphatic carbocycles. The van der Waals surface area contributed by atoms with Crippen LogP contribution in [0.3, 0.4) is 0 Å². The minimum atomic E-state index is -0.487. The summed E-state index contributed by atoms with van der Waals surface area (Å²) in [6.45, 7) is 4.53. The molecule has 2 unspecified atom stereocenters. The molecule has 7 heteroatoms. The van der Waals surface area contributed by atoms with Gasteiger partial charge in [-0.25, -0.2) is 0 Å². The van der Waals surface area contributed by atoms with Crippen LogP contribution >= 0.6 is 0 Å². The molecular weight excluding hydrogens is 286 g/mol. The number of carbonyl (C=O) groups is 1. The Balaban J connectivity index is 2.09. The van der Waals surface area contributed by atoms with Gasteiger partial charge in [-0.1, -0.05) is 6.07 Å². The summed E-state index contributed by atoms with van der Waals surface area (Å²) in [6, 6.07) is 4.77. The topological polar surface area (TPSA) is 93.5 Å². The molecular formula is C15H21N3O4. The molecule has 120 valence electrons. The quantitative estimate of drug-likeness (QED) is 0.639. The fourth-order valence-corrected chi connectivity index (χ4v) is 2.67. The minimum Gasteiger partial charge on any atom is -0.490 e. The first kappa shape index (κ1) is 16.2. The van der Waals surface area contributed by atoms with E-state index in [4.69, 9.17) is 4.74 Å². The van der Waals surface area contributed by atoms with Crippen molar-refractivity contribution in [2.75, 3.05) is 13.7 Å². The first-order chi connectivity index (χ1) is 10.4. The lowest BCUT2D eigenvalue weighted by Crippen LogP contribution is -2.33. The van der Waals surface area contributed by atoms with Crippen molar-refractivity contribution in [3.8, 4) is 5.75 Å². The van der Waals surface area contributed by atoms with Crippen LogP contribution in [0, 0.1) is 16.0 Å². The van der Waals surface area contributed by atoms with E-state index in [0.29, 0.717) is 18.2 Å². The van der Waals surface area contributed by atoms with Gasteiger partial charge in [-0.3, -0.25) is 14.9 Å². The third-order valence-corrected chi connectivity index (χ3v) is 3.98. The van der Waals surface area contributed by atoms with Crippen LogP contribution in [0.1, 0.15) is 31.9 Å². The number of rotatable bonds is 5. The highest BCUT2D eigenvalue weighted by Crippen LogP contribution is 2.30. The van der Waals surface area contributed by atoms with E-state index in [0.717, 1.165) is 6.42 Å². The van der Waals surface area contributed by atoms with Crippen LogP contribution < -0.4 is 15.4 Å². The maximum absolute atomic E-state index is 12.2. The number of nitrogens with one attached hydrogen (secondary N) is 2. The number of ether oxygens (including phenoxy) is 1. The van der Waals surface area contributed by atoms with Crippen molar-refractivity contribution < 1.29 is 14.5 Å². The van der Waals surface area contributed by atoms with Crippen LogP contribution in [-0.2, 0) is 4.79 Å². The van der Waals surface area contributed by atoms with Gasteiger partial charge in [0.1, 0.15) is 0 Å². The molecule has 3 atom stereocenters. The van der Waals surface area contributed by atoms with E-state index in [1.54, 1.807) is 12.1 Å². The summed E-state index contributed by atoms with van der Waals surface area (Å²) in [5.74, 6) is 0.134. The number of benzene rings is 1. The molecule has 0 saturated carbocycles. The monoisotopic (exact) mass is 307 g/mol. The molecule has 22 heavy (non-hydrogen) atoms. The van der Waals surface area contributed by atoms with Crippen molar-refractivity contribution in [2.24, 2.45) is 5.92 Å². The average molecular weight is 307 g/mol. The normalized spacial score (nSPS) is 22.1. The predicted octanol–water partition coefficient (Wildman–Crippen LogP) is 1.78. The van der Waals surface area contributed by atoms with Crippen molar-refractivity contribution in [2.45, 2.75) is 32.4 Å². The molecule has 0 aromatic heterocycles. The zero-order chi connectivity index (χ0) is 16.3. The van der Waals surface area contributed by atoms with Crippen molar-refractivity contribution in [1.82, 2.24) is 10.6 Å². The number of methoxy groups -OCH3 is 1. The van der Waals surface area contributed by atoms with Crippen molar-refractivity contribution in [1.29, 1.82) is 0 Å². The summed E-state index contributed by atoms with van der Waals surface area (Å²) in [5.41, 5.74) is 0.581. The molecule has 1 aromatic rings. The Labute approximate surface area is 129 Å². The highest BCUT2D eigenvalue weighted by Gasteiger charge is 2.28. The third kappa shape index (κ3) is 3.54. The molecule has 1 aliphatic rings. The van der Waals surface area contributed by atoms with E-state index >= 15 is 0 Å². The Bertz CT molecular complexity index is 576. The summed E-state index contributed by atoms with van der Waals surface area (Å²) >= 11 is 0. The third-order valence-electron chi connectivity index (χ3n) is 3.98. The Morgan fingerprint density at radius 3 is 2.82 bits per heavy atom. The largest absolute Gasteiger partial charge is 0.490 e. The van der Waals surface area contributed by atoms with Crippen LogP contribution in [-0.4, -0.2) is 30.5 Å². The average Bonchev–Trinajstić information content (AvgIpc) is 2.93. The van der Waals surface area contributed by atoms with Gasteiger partial charge in [0.15, 0.2) is 5.75 Å². The molecule has 1 amide bonds. The molecule has 2 rings (SSSR count). The summed E-state index contributed by atoms with van der Waals surface area (Å²) < 4.78 is 4.98. The predicted molar refractivity (Wildman–Crippen MR) is 81.8 cm³/mol. The molecule has 1 saturated heterocycles. The van der Waals surface area contributed by atoms with Gasteiger partial charge in [0, 0.05) is 18.7 Å². The Hall–Kier alpha value is -2.15. The van der Waals surface area contributed by atoms with Crippen LogP contribution in [0.2, 0.25) is 0 Å². The highest BCUT2D eigenvalue weighted by molar-refractivity contribution is 5.79. The molecule has 1 fully saturated rings. The van der Waals surface area contributed by atoms with Crippen molar-refractivity contribution in [3.63, 3.8) is 0 Å². The Morgan fingerprint density at radius 2 is 2.27 bits per heavy atom. The van der Waals surface area contributed by atoms with E-state index in [1.807, 2.05) is 13.8 Å². The van der Waals surface area contributed by atoms with Gasteiger partial charge in [-0.15, -0.1) is 0 Å². The number of nitro benzene ring substituents is 1. The zero-order valence-electron chi connectivity index (χ0n) is 13.0. The van der Waals surface area contributed by atoms with Crippen LogP contribution in [0.15, 0.2) is 18.2 Å². The van der Waals surface area contributed by atoms with Gasteiger partial charge in [-0.05, 0) is 31.9 Å². The molecule has 1 heterocycles. The van der Waals surface area contributed by atoms with Gasteiger partial charge in [0.2, 0.25) is 5.91 Å². The molecule has 7 nitrogen and oxygen atoms in total. The Kier molecular flexibility index (Phi) is 4.97. The maximum atomic E-state index is 12.2. The first-order valence-electron chi connectivity index (χ1n) is 7.28. The standard InChI is InChI=1S/C15H21N3O4/c1-9-6-12(8-16-9)15(19)17-10(2)11-4-5-14(22-3)13(7-11)18(20)21/h4-5,7,9-10,12,16H,6,8H2,1-3H3,(H,17,19)/t9?,10-,12?/m0/s1. The lowest BCUT2D eigenvalue weighted by molar-refractivity contribution is -0.385. The summed E-state index contributed by atoms with van der Waals surface area (Å²) in [5, 5.41) is 17.2. The lowest BCUT2D eigenvalue weighted by atomic mass is 10.0. The van der Waals surface area contributed by atoms with Gasteiger partial charge < -0.3 is 15.4 Å². The SMILES string of the molecule is COc1ccc([C@H](C)NC(=O)C2CNC(C)C2)cc1[N+](=O)[O-]. The van der Waals surface area contributed by atoms with Crippen LogP contribution in [0.25, 0.3) is 0 Å². The second-order valence-electron chi connectivity index (χ2n) is 5.66. The fraction of sp³-hybridized carbons (Fsp3) is 0.533. The molecule has 0 radical (unpaired) electrons. The highest BCUT2D eigenvalue weighted by atomic mass is 16.6. The van der Waals surface area contributed by atoms with E-state index in [-0.39, 0.29) is 29.3 Å². The van der Waals surface area contributed by atoms with Crippen molar-refractivity contribution in [3.05, 3.63) is 33.9 Å². The second kappa shape index (κ2) is 6.74. The smallest absolute Gasteiger partial charge is 0.311 e. The second-order valence-corrected chi connectivity index (χ2v) is 5.66. The summed E-state index contributed by atoms with van der Waals surface area (Å²) in [7, 11) is 1.39. The number of nitro groups is 1. The molecule has 2 N–H and O–H groups in total. The van der Waals surface area contributed by atoms with Crippen molar-refractivity contribution >= 4 is 11.6 Å². The summed E-state index contributed by atoms with van der Waals surface area (Å²) in [4.78, 5) is 22.8. The number of nitrogens with zero attached hydrogens (tertiary/aromatic N) is 1. The number of hydrogen-bond acceptors (Lipinski definition) is 5. The van der Waals surface area contributed by atoms with Gasteiger partial charge in [0.25, 0.3) is 0 Å². The summed E-state index contributed by atoms with van der Waals surface area (Å²) in [6.07, 6.45) is 0.807. The fourth-order valence-electron chi connectivity index (χ4n) is 2.67. The van der Waals surface area contributed by atoms with E-state index in [2.05, 4.69) is 10.6 Å². The van der Waals surface area contributed by atoms with E-state index < -0.39 is 4.92 Å². The number of hydrogen-bond donors (Lipinski definition) is 2. The maximum Gasteiger partial charge on any atom is 0.311 e. The van der Waals surface area contributed by atoms with Crippen LogP contribution in [0.4, 0.5) is 5.69 Å². The zero-order valence-corrected chi connectivity index (χ0v) is 13.0. The molecule has 1 aliphatic heterocycles. The minimum absolute atomic E-state index is 0.0252. The lowest BCUT2D eigenvalue weighted by Gasteiger charge is -2.17. The van der Waals surface area contributed by atoms with Gasteiger partial charge >= 0.3 is 5.69 Å². The van der Waals surface area contributed by atoms with Gasteiger partial charge in [-0.2, -0.15) is 0 Å². The van der Waals surface area contributed by atoms with E-state index in [1.165, 1.54) is 13.2 Å². The molecule has 0 bridgehead atoms. The molecule has 0 spiro atoms. The molecule has 1 aromatic carbocycles. The van der Waals surface area contributed by atoms with Crippen LogP contribution in [0.5, 0.6) is 5.75 Å².